The molecule has 2 aromatic rings. The van der Waals surface area contributed by atoms with Gasteiger partial charge in [-0.3, -0.25) is 4.79 Å². The molecule has 112 valence electrons. The Morgan fingerprint density at radius 1 is 1.43 bits per heavy atom. The predicted molar refractivity (Wildman–Crippen MR) is 86.5 cm³/mol. The Morgan fingerprint density at radius 3 is 2.81 bits per heavy atom. The van der Waals surface area contributed by atoms with Gasteiger partial charge in [-0.05, 0) is 50.5 Å². The van der Waals surface area contributed by atoms with Gasteiger partial charge in [0.2, 0.25) is 0 Å². The zero-order chi connectivity index (χ0) is 15.0. The summed E-state index contributed by atoms with van der Waals surface area (Å²) in [6.45, 7) is 2.01. The molecule has 1 aliphatic rings. The molecule has 21 heavy (non-hydrogen) atoms. The number of hydrogen-bond donors (Lipinski definition) is 2. The lowest BCUT2D eigenvalue weighted by Crippen LogP contribution is -2.56. The van der Waals surface area contributed by atoms with Crippen LogP contribution in [0, 0.1) is 0 Å². The van der Waals surface area contributed by atoms with Crippen LogP contribution >= 0.6 is 15.9 Å². The minimum atomic E-state index is -0.190. The van der Waals surface area contributed by atoms with Crippen LogP contribution < -0.4 is 5.32 Å². The molecule has 1 amide bonds. The molecule has 1 unspecified atom stereocenters. The van der Waals surface area contributed by atoms with Crippen LogP contribution in [0.15, 0.2) is 28.7 Å². The van der Waals surface area contributed by atoms with E-state index in [0.29, 0.717) is 5.69 Å². The van der Waals surface area contributed by atoms with Gasteiger partial charge in [-0.15, -0.1) is 0 Å². The van der Waals surface area contributed by atoms with Crippen molar-refractivity contribution in [3.63, 3.8) is 0 Å². The van der Waals surface area contributed by atoms with E-state index in [0.717, 1.165) is 34.6 Å². The van der Waals surface area contributed by atoms with E-state index in [1.807, 2.05) is 31.2 Å². The van der Waals surface area contributed by atoms with Crippen LogP contribution in [0.2, 0.25) is 0 Å². The lowest BCUT2D eigenvalue weighted by molar-refractivity contribution is -0.0919. The average Bonchev–Trinajstić information content (AvgIpc) is 2.81. The summed E-state index contributed by atoms with van der Waals surface area (Å²) >= 11 is 3.44. The van der Waals surface area contributed by atoms with E-state index in [1.165, 1.54) is 0 Å². The number of amides is 1. The summed E-state index contributed by atoms with van der Waals surface area (Å²) in [6.07, 6.45) is 3.17. The SMILES string of the molecule is COC1(C(C)NC(=O)c2cc3cc(Br)ccc3[nH]2)CCC1. The van der Waals surface area contributed by atoms with Gasteiger partial charge < -0.3 is 15.0 Å². The normalized spacial score (nSPS) is 18.2. The van der Waals surface area contributed by atoms with Crippen molar-refractivity contribution in [2.24, 2.45) is 0 Å². The Bertz CT molecular complexity index is 670. The van der Waals surface area contributed by atoms with Gasteiger partial charge in [0, 0.05) is 22.5 Å². The van der Waals surface area contributed by atoms with Gasteiger partial charge >= 0.3 is 0 Å². The second-order valence-electron chi connectivity index (χ2n) is 5.73. The monoisotopic (exact) mass is 350 g/mol. The van der Waals surface area contributed by atoms with Crippen LogP contribution in [0.4, 0.5) is 0 Å². The van der Waals surface area contributed by atoms with Gasteiger partial charge in [-0.1, -0.05) is 15.9 Å². The predicted octanol–water partition coefficient (Wildman–Crippen LogP) is 3.62. The quantitative estimate of drug-likeness (QED) is 0.884. The molecular weight excluding hydrogens is 332 g/mol. The number of aromatic amines is 1. The molecule has 1 aromatic heterocycles. The number of fused-ring (bicyclic) bond motifs is 1. The zero-order valence-electron chi connectivity index (χ0n) is 12.2. The number of methoxy groups -OCH3 is 1. The van der Waals surface area contributed by atoms with Crippen molar-refractivity contribution in [2.45, 2.75) is 37.8 Å². The van der Waals surface area contributed by atoms with Gasteiger partial charge in [0.1, 0.15) is 5.69 Å². The topological polar surface area (TPSA) is 54.1 Å². The van der Waals surface area contributed by atoms with E-state index < -0.39 is 0 Å². The van der Waals surface area contributed by atoms with Crippen molar-refractivity contribution < 1.29 is 9.53 Å². The summed E-state index contributed by atoms with van der Waals surface area (Å²) in [5.74, 6) is -0.0850. The first-order chi connectivity index (χ1) is 10.0. The number of nitrogens with one attached hydrogen (secondary N) is 2. The van der Waals surface area contributed by atoms with Crippen LogP contribution in [0.25, 0.3) is 10.9 Å². The maximum absolute atomic E-state index is 12.4. The summed E-state index contributed by atoms with van der Waals surface area (Å²) < 4.78 is 6.62. The van der Waals surface area contributed by atoms with Gasteiger partial charge in [-0.25, -0.2) is 0 Å². The van der Waals surface area contributed by atoms with Crippen molar-refractivity contribution in [1.82, 2.24) is 10.3 Å². The number of halogens is 1. The van der Waals surface area contributed by atoms with E-state index >= 15 is 0 Å². The first-order valence-corrected chi connectivity index (χ1v) is 7.98. The summed E-state index contributed by atoms with van der Waals surface area (Å²) in [5.41, 5.74) is 1.35. The lowest BCUT2D eigenvalue weighted by Gasteiger charge is -2.45. The molecule has 0 radical (unpaired) electrons. The third-order valence-corrected chi connectivity index (χ3v) is 5.06. The molecule has 1 fully saturated rings. The Morgan fingerprint density at radius 2 is 2.19 bits per heavy atom. The Labute approximate surface area is 132 Å². The number of hydrogen-bond acceptors (Lipinski definition) is 2. The van der Waals surface area contributed by atoms with Crippen LogP contribution in [0.5, 0.6) is 0 Å². The Kier molecular flexibility index (Phi) is 3.80. The van der Waals surface area contributed by atoms with Gasteiger partial charge in [-0.2, -0.15) is 0 Å². The van der Waals surface area contributed by atoms with Crippen LogP contribution in [0.1, 0.15) is 36.7 Å². The second-order valence-corrected chi connectivity index (χ2v) is 6.65. The molecule has 2 N–H and O–H groups in total. The first kappa shape index (κ1) is 14.6. The largest absolute Gasteiger partial charge is 0.376 e. The molecule has 1 saturated carbocycles. The Balaban J connectivity index is 1.77. The number of ether oxygens (including phenoxy) is 1. The van der Waals surface area contributed by atoms with Crippen molar-refractivity contribution in [3.8, 4) is 0 Å². The second kappa shape index (κ2) is 5.46. The smallest absolute Gasteiger partial charge is 0.268 e. The molecule has 0 bridgehead atoms. The van der Waals surface area contributed by atoms with Crippen molar-refractivity contribution in [1.29, 1.82) is 0 Å². The fraction of sp³-hybridized carbons (Fsp3) is 0.438. The lowest BCUT2D eigenvalue weighted by atomic mass is 9.75. The van der Waals surface area contributed by atoms with Crippen LogP contribution in [0.3, 0.4) is 0 Å². The average molecular weight is 351 g/mol. The molecule has 4 nitrogen and oxygen atoms in total. The highest BCUT2D eigenvalue weighted by Gasteiger charge is 2.43. The highest BCUT2D eigenvalue weighted by Crippen LogP contribution is 2.38. The van der Waals surface area contributed by atoms with Crippen LogP contribution in [-0.4, -0.2) is 29.6 Å². The maximum atomic E-state index is 12.4. The maximum Gasteiger partial charge on any atom is 0.268 e. The molecule has 1 atom stereocenters. The fourth-order valence-electron chi connectivity index (χ4n) is 2.97. The fourth-order valence-corrected chi connectivity index (χ4v) is 3.35. The standard InChI is InChI=1S/C16H19BrN2O2/c1-10(16(21-2)6-3-7-16)18-15(20)14-9-11-8-12(17)4-5-13(11)19-14/h4-5,8-10,19H,3,6-7H2,1-2H3,(H,18,20). The van der Waals surface area contributed by atoms with Crippen molar-refractivity contribution in [3.05, 3.63) is 34.4 Å². The number of benzene rings is 1. The molecule has 1 aromatic carbocycles. The zero-order valence-corrected chi connectivity index (χ0v) is 13.8. The van der Waals surface area contributed by atoms with Crippen molar-refractivity contribution in [2.75, 3.05) is 7.11 Å². The Hall–Kier alpha value is -1.33. The summed E-state index contributed by atoms with van der Waals surface area (Å²) in [4.78, 5) is 15.6. The number of carbonyl (C=O) groups is 1. The highest BCUT2D eigenvalue weighted by molar-refractivity contribution is 9.10. The van der Waals surface area contributed by atoms with Gasteiger partial charge in [0.15, 0.2) is 0 Å². The van der Waals surface area contributed by atoms with Gasteiger partial charge in [0.05, 0.1) is 11.6 Å². The minimum absolute atomic E-state index is 0.00176. The van der Waals surface area contributed by atoms with E-state index in [-0.39, 0.29) is 17.6 Å². The van der Waals surface area contributed by atoms with E-state index in [9.17, 15) is 4.79 Å². The molecule has 1 aliphatic carbocycles. The molecule has 1 heterocycles. The molecule has 3 rings (SSSR count). The summed E-state index contributed by atoms with van der Waals surface area (Å²) in [5, 5.41) is 4.08. The van der Waals surface area contributed by atoms with E-state index in [1.54, 1.807) is 7.11 Å². The minimum Gasteiger partial charge on any atom is -0.376 e. The van der Waals surface area contributed by atoms with Gasteiger partial charge in [0.25, 0.3) is 5.91 Å². The molecule has 0 spiro atoms. The number of rotatable bonds is 4. The molecular formula is C16H19BrN2O2. The molecule has 5 heteroatoms. The van der Waals surface area contributed by atoms with Crippen molar-refractivity contribution >= 4 is 32.7 Å². The third kappa shape index (κ3) is 2.60. The van der Waals surface area contributed by atoms with Crippen LogP contribution in [-0.2, 0) is 4.74 Å². The molecule has 0 saturated heterocycles. The first-order valence-electron chi connectivity index (χ1n) is 7.18. The summed E-state index contributed by atoms with van der Waals surface area (Å²) in [6, 6.07) is 7.79. The number of aromatic nitrogens is 1. The third-order valence-electron chi connectivity index (χ3n) is 4.57. The summed E-state index contributed by atoms with van der Waals surface area (Å²) in [7, 11) is 1.72. The highest BCUT2D eigenvalue weighted by atomic mass is 79.9. The van der Waals surface area contributed by atoms with E-state index in [2.05, 4.69) is 26.2 Å². The number of H-pyrrole nitrogens is 1. The van der Waals surface area contributed by atoms with E-state index in [4.69, 9.17) is 4.74 Å². The molecule has 0 aliphatic heterocycles. The number of carbonyl (C=O) groups excluding carboxylic acids is 1.